The molecule has 0 amide bonds. The Bertz CT molecular complexity index is 582. The molecule has 1 N–H and O–H groups in total. The Labute approximate surface area is 119 Å². The highest BCUT2D eigenvalue weighted by molar-refractivity contribution is 6.29. The topological polar surface area (TPSA) is 24.9 Å². The summed E-state index contributed by atoms with van der Waals surface area (Å²) in [6.45, 7) is 1.86. The highest BCUT2D eigenvalue weighted by Crippen LogP contribution is 2.30. The van der Waals surface area contributed by atoms with Gasteiger partial charge in [-0.2, -0.15) is 13.2 Å². The van der Waals surface area contributed by atoms with Crippen molar-refractivity contribution in [1.82, 2.24) is 4.98 Å². The first-order valence-corrected chi connectivity index (χ1v) is 6.29. The molecule has 1 atom stereocenters. The third-order valence-corrected chi connectivity index (χ3v) is 3.05. The van der Waals surface area contributed by atoms with Crippen molar-refractivity contribution in [1.29, 1.82) is 0 Å². The van der Waals surface area contributed by atoms with Gasteiger partial charge in [0.2, 0.25) is 0 Å². The highest BCUT2D eigenvalue weighted by Gasteiger charge is 2.30. The molecule has 0 saturated carbocycles. The second-order valence-electron chi connectivity index (χ2n) is 4.35. The molecule has 0 aliphatic carbocycles. The van der Waals surface area contributed by atoms with E-state index in [1.165, 1.54) is 12.1 Å². The summed E-state index contributed by atoms with van der Waals surface area (Å²) in [4.78, 5) is 3.86. The standard InChI is InChI=1S/C14H12ClF3N2/c1-9(20-12-6-7-19-13(15)8-12)10-2-4-11(5-3-10)14(16,17)18/h2-9H,1H3,(H,19,20). The summed E-state index contributed by atoms with van der Waals surface area (Å²) in [6, 6.07) is 8.33. The van der Waals surface area contributed by atoms with Crippen LogP contribution in [0.15, 0.2) is 42.6 Å². The molecule has 0 aliphatic heterocycles. The highest BCUT2D eigenvalue weighted by atomic mass is 35.5. The fourth-order valence-electron chi connectivity index (χ4n) is 1.79. The second kappa shape index (κ2) is 5.71. The molecule has 1 aromatic carbocycles. The predicted molar refractivity (Wildman–Crippen MR) is 72.7 cm³/mol. The zero-order valence-electron chi connectivity index (χ0n) is 10.6. The van der Waals surface area contributed by atoms with Crippen LogP contribution in [0.1, 0.15) is 24.1 Å². The van der Waals surface area contributed by atoms with Crippen LogP contribution < -0.4 is 5.32 Å². The molecule has 2 aromatic rings. The number of hydrogen-bond acceptors (Lipinski definition) is 2. The monoisotopic (exact) mass is 300 g/mol. The van der Waals surface area contributed by atoms with Crippen molar-refractivity contribution < 1.29 is 13.2 Å². The summed E-state index contributed by atoms with van der Waals surface area (Å²) in [5, 5.41) is 3.51. The fraction of sp³-hybridized carbons (Fsp3) is 0.214. The van der Waals surface area contributed by atoms with Crippen LogP contribution in [0, 0.1) is 0 Å². The van der Waals surface area contributed by atoms with Crippen molar-refractivity contribution in [3.8, 4) is 0 Å². The number of benzene rings is 1. The summed E-state index contributed by atoms with van der Waals surface area (Å²) in [5.74, 6) is 0. The van der Waals surface area contributed by atoms with Gasteiger partial charge in [0.15, 0.2) is 0 Å². The van der Waals surface area contributed by atoms with E-state index in [0.717, 1.165) is 23.4 Å². The van der Waals surface area contributed by atoms with Crippen LogP contribution in [0.2, 0.25) is 5.15 Å². The quantitative estimate of drug-likeness (QED) is 0.813. The fourth-order valence-corrected chi connectivity index (χ4v) is 1.96. The summed E-state index contributed by atoms with van der Waals surface area (Å²) in [6.07, 6.45) is -2.75. The maximum absolute atomic E-state index is 12.5. The molecular weight excluding hydrogens is 289 g/mol. The minimum absolute atomic E-state index is 0.143. The Morgan fingerprint density at radius 1 is 1.15 bits per heavy atom. The average Bonchev–Trinajstić information content (AvgIpc) is 2.38. The van der Waals surface area contributed by atoms with Gasteiger partial charge in [-0.1, -0.05) is 23.7 Å². The lowest BCUT2D eigenvalue weighted by Crippen LogP contribution is -2.08. The maximum Gasteiger partial charge on any atom is 0.416 e. The molecule has 0 bridgehead atoms. The molecule has 2 nitrogen and oxygen atoms in total. The van der Waals surface area contributed by atoms with Crippen molar-refractivity contribution in [2.75, 3.05) is 5.32 Å². The lowest BCUT2D eigenvalue weighted by molar-refractivity contribution is -0.137. The van der Waals surface area contributed by atoms with Crippen molar-refractivity contribution in [2.45, 2.75) is 19.1 Å². The number of anilines is 1. The van der Waals surface area contributed by atoms with E-state index in [0.29, 0.717) is 5.15 Å². The molecule has 2 rings (SSSR count). The van der Waals surface area contributed by atoms with Gasteiger partial charge >= 0.3 is 6.18 Å². The number of pyridine rings is 1. The van der Waals surface area contributed by atoms with Gasteiger partial charge in [-0.15, -0.1) is 0 Å². The third kappa shape index (κ3) is 3.63. The van der Waals surface area contributed by atoms with Gasteiger partial charge in [0.05, 0.1) is 5.56 Å². The van der Waals surface area contributed by atoms with Crippen LogP contribution in [0.4, 0.5) is 18.9 Å². The minimum Gasteiger partial charge on any atom is -0.378 e. The van der Waals surface area contributed by atoms with Crippen LogP contribution >= 0.6 is 11.6 Å². The van der Waals surface area contributed by atoms with Crippen molar-refractivity contribution in [3.05, 3.63) is 58.9 Å². The van der Waals surface area contributed by atoms with E-state index in [-0.39, 0.29) is 6.04 Å². The summed E-state index contributed by atoms with van der Waals surface area (Å²) < 4.78 is 37.4. The lowest BCUT2D eigenvalue weighted by atomic mass is 10.1. The van der Waals surface area contributed by atoms with Gasteiger partial charge in [0.25, 0.3) is 0 Å². The first-order valence-electron chi connectivity index (χ1n) is 5.91. The summed E-state index contributed by atoms with van der Waals surface area (Å²) in [7, 11) is 0. The van der Waals surface area contributed by atoms with E-state index in [9.17, 15) is 13.2 Å². The molecule has 106 valence electrons. The van der Waals surface area contributed by atoms with E-state index < -0.39 is 11.7 Å². The molecule has 1 unspecified atom stereocenters. The Balaban J connectivity index is 2.11. The van der Waals surface area contributed by atoms with Gasteiger partial charge in [0.1, 0.15) is 5.15 Å². The molecule has 1 heterocycles. The number of nitrogens with one attached hydrogen (secondary N) is 1. The first-order chi connectivity index (χ1) is 9.36. The molecule has 0 saturated heterocycles. The van der Waals surface area contributed by atoms with E-state index in [4.69, 9.17) is 11.6 Å². The lowest BCUT2D eigenvalue weighted by Gasteiger charge is -2.16. The largest absolute Gasteiger partial charge is 0.416 e. The number of aromatic nitrogens is 1. The normalized spacial score (nSPS) is 13.1. The van der Waals surface area contributed by atoms with Crippen molar-refractivity contribution in [3.63, 3.8) is 0 Å². The predicted octanol–water partition coefficient (Wildman–Crippen LogP) is 4.93. The number of alkyl halides is 3. The van der Waals surface area contributed by atoms with Crippen molar-refractivity contribution >= 4 is 17.3 Å². The third-order valence-electron chi connectivity index (χ3n) is 2.85. The molecule has 0 radical (unpaired) electrons. The second-order valence-corrected chi connectivity index (χ2v) is 4.74. The van der Waals surface area contributed by atoms with Crippen LogP contribution in [0.25, 0.3) is 0 Å². The zero-order valence-corrected chi connectivity index (χ0v) is 11.3. The molecule has 6 heteroatoms. The molecule has 20 heavy (non-hydrogen) atoms. The molecule has 1 aromatic heterocycles. The maximum atomic E-state index is 12.5. The number of halogens is 4. The average molecular weight is 301 g/mol. The molecule has 0 aliphatic rings. The van der Waals surface area contributed by atoms with E-state index in [2.05, 4.69) is 10.3 Å². The summed E-state index contributed by atoms with van der Waals surface area (Å²) >= 11 is 5.77. The Morgan fingerprint density at radius 3 is 2.35 bits per heavy atom. The Hall–Kier alpha value is -1.75. The smallest absolute Gasteiger partial charge is 0.378 e. The Morgan fingerprint density at radius 2 is 1.80 bits per heavy atom. The van der Waals surface area contributed by atoms with E-state index >= 15 is 0 Å². The van der Waals surface area contributed by atoms with E-state index in [1.54, 1.807) is 18.3 Å². The van der Waals surface area contributed by atoms with Gasteiger partial charge in [0, 0.05) is 17.9 Å². The van der Waals surface area contributed by atoms with E-state index in [1.807, 2.05) is 6.92 Å². The number of hydrogen-bond donors (Lipinski definition) is 1. The molecular formula is C14H12ClF3N2. The van der Waals surface area contributed by atoms with Gasteiger partial charge in [-0.25, -0.2) is 4.98 Å². The van der Waals surface area contributed by atoms with Crippen LogP contribution in [0.5, 0.6) is 0 Å². The zero-order chi connectivity index (χ0) is 14.8. The van der Waals surface area contributed by atoms with Gasteiger partial charge in [-0.3, -0.25) is 0 Å². The van der Waals surface area contributed by atoms with Crippen LogP contribution in [0.3, 0.4) is 0 Å². The SMILES string of the molecule is CC(Nc1ccnc(Cl)c1)c1ccc(C(F)(F)F)cc1. The van der Waals surface area contributed by atoms with Crippen LogP contribution in [-0.2, 0) is 6.18 Å². The minimum atomic E-state index is -4.31. The van der Waals surface area contributed by atoms with Crippen LogP contribution in [-0.4, -0.2) is 4.98 Å². The van der Waals surface area contributed by atoms with Gasteiger partial charge in [-0.05, 0) is 36.8 Å². The van der Waals surface area contributed by atoms with Crippen molar-refractivity contribution in [2.24, 2.45) is 0 Å². The number of nitrogens with zero attached hydrogens (tertiary/aromatic N) is 1. The number of rotatable bonds is 3. The molecule has 0 spiro atoms. The van der Waals surface area contributed by atoms with Gasteiger partial charge < -0.3 is 5.32 Å². The Kier molecular flexibility index (Phi) is 4.18. The first kappa shape index (κ1) is 14.7. The molecule has 0 fully saturated rings. The summed E-state index contributed by atoms with van der Waals surface area (Å²) in [5.41, 5.74) is 0.865.